The molecular formula is C24H39FO3. The molecule has 10 unspecified atom stereocenters. The van der Waals surface area contributed by atoms with E-state index in [0.717, 1.165) is 25.7 Å². The van der Waals surface area contributed by atoms with Crippen molar-refractivity contribution in [1.29, 1.82) is 0 Å². The van der Waals surface area contributed by atoms with Crippen LogP contribution in [-0.4, -0.2) is 28.5 Å². The molecule has 0 aromatic carbocycles. The number of aliphatic hydroxyl groups excluding tert-OH is 1. The molecule has 4 saturated carbocycles. The van der Waals surface area contributed by atoms with E-state index < -0.39 is 12.1 Å². The van der Waals surface area contributed by atoms with Gasteiger partial charge in [-0.05, 0) is 104 Å². The van der Waals surface area contributed by atoms with E-state index in [9.17, 15) is 14.3 Å². The third kappa shape index (κ3) is 3.13. The summed E-state index contributed by atoms with van der Waals surface area (Å²) in [5.74, 6) is 2.06. The molecular weight excluding hydrogens is 355 g/mol. The highest BCUT2D eigenvalue weighted by molar-refractivity contribution is 5.66. The van der Waals surface area contributed by atoms with Crippen LogP contribution in [0.4, 0.5) is 4.39 Å². The predicted molar refractivity (Wildman–Crippen MR) is 108 cm³/mol. The van der Waals surface area contributed by atoms with E-state index in [1.807, 2.05) is 0 Å². The van der Waals surface area contributed by atoms with Crippen molar-refractivity contribution in [2.45, 2.75) is 97.3 Å². The van der Waals surface area contributed by atoms with E-state index in [1.165, 1.54) is 19.3 Å². The fourth-order valence-electron chi connectivity index (χ4n) is 8.70. The van der Waals surface area contributed by atoms with Crippen molar-refractivity contribution in [3.63, 3.8) is 0 Å². The molecule has 0 aromatic rings. The number of halogens is 1. The van der Waals surface area contributed by atoms with Crippen molar-refractivity contribution in [2.75, 3.05) is 0 Å². The molecule has 0 spiro atoms. The monoisotopic (exact) mass is 394 g/mol. The Morgan fingerprint density at radius 1 is 1.07 bits per heavy atom. The Kier molecular flexibility index (Phi) is 5.34. The van der Waals surface area contributed by atoms with Crippen LogP contribution in [0.5, 0.6) is 0 Å². The number of fused-ring (bicyclic) bond motifs is 5. The van der Waals surface area contributed by atoms with Crippen LogP contribution in [0.15, 0.2) is 0 Å². The van der Waals surface area contributed by atoms with Crippen LogP contribution in [0.1, 0.15) is 85.0 Å². The number of hydrogen-bond acceptors (Lipinski definition) is 2. The molecule has 0 bridgehead atoms. The van der Waals surface area contributed by atoms with Gasteiger partial charge in [-0.25, -0.2) is 4.39 Å². The van der Waals surface area contributed by atoms with Crippen molar-refractivity contribution in [3.05, 3.63) is 0 Å². The van der Waals surface area contributed by atoms with E-state index in [0.29, 0.717) is 48.3 Å². The standard InChI is InChI=1S/C24H39FO3/c1-14(4-7-21(27)28)17-5-6-18-22-19(9-11-24(17,18)3)23(2)10-8-16(25)12-15(23)13-20(22)26/h14-20,22,26H,4-13H2,1-3H3,(H,27,28). The lowest BCUT2D eigenvalue weighted by Gasteiger charge is -2.62. The van der Waals surface area contributed by atoms with E-state index in [-0.39, 0.29) is 23.4 Å². The lowest BCUT2D eigenvalue weighted by atomic mass is 9.43. The molecule has 0 radical (unpaired) electrons. The predicted octanol–water partition coefficient (Wildman–Crippen LogP) is 5.46. The Balaban J connectivity index is 1.55. The first-order valence-electron chi connectivity index (χ1n) is 11.7. The molecule has 28 heavy (non-hydrogen) atoms. The molecule has 160 valence electrons. The van der Waals surface area contributed by atoms with Crippen molar-refractivity contribution in [2.24, 2.45) is 46.3 Å². The third-order valence-electron chi connectivity index (χ3n) is 10.2. The molecule has 4 aliphatic rings. The van der Waals surface area contributed by atoms with Crippen LogP contribution >= 0.6 is 0 Å². The number of rotatable bonds is 4. The fraction of sp³-hybridized carbons (Fsp3) is 0.958. The average molecular weight is 395 g/mol. The van der Waals surface area contributed by atoms with Gasteiger partial charge in [0.25, 0.3) is 0 Å². The second kappa shape index (κ2) is 7.25. The van der Waals surface area contributed by atoms with Crippen LogP contribution < -0.4 is 0 Å². The normalized spacial score (nSPS) is 51.7. The van der Waals surface area contributed by atoms with Gasteiger partial charge >= 0.3 is 5.97 Å². The lowest BCUT2D eigenvalue weighted by molar-refractivity contribution is -0.170. The summed E-state index contributed by atoms with van der Waals surface area (Å²) in [4.78, 5) is 11.0. The summed E-state index contributed by atoms with van der Waals surface area (Å²) in [6.07, 6.45) is 7.85. The molecule has 0 saturated heterocycles. The van der Waals surface area contributed by atoms with Crippen LogP contribution in [0.25, 0.3) is 0 Å². The summed E-state index contributed by atoms with van der Waals surface area (Å²) in [7, 11) is 0. The van der Waals surface area contributed by atoms with E-state index >= 15 is 0 Å². The van der Waals surface area contributed by atoms with Crippen molar-refractivity contribution >= 4 is 5.97 Å². The zero-order chi connectivity index (χ0) is 20.3. The highest BCUT2D eigenvalue weighted by Crippen LogP contribution is 2.68. The van der Waals surface area contributed by atoms with Gasteiger partial charge in [0.2, 0.25) is 0 Å². The van der Waals surface area contributed by atoms with Crippen LogP contribution in [0, 0.1) is 46.3 Å². The minimum absolute atomic E-state index is 0.195. The Bertz CT molecular complexity index is 609. The van der Waals surface area contributed by atoms with Crippen LogP contribution in [0.2, 0.25) is 0 Å². The summed E-state index contributed by atoms with van der Waals surface area (Å²) < 4.78 is 14.1. The zero-order valence-electron chi connectivity index (χ0n) is 17.9. The molecule has 0 aromatic heterocycles. The molecule has 3 nitrogen and oxygen atoms in total. The van der Waals surface area contributed by atoms with Gasteiger partial charge in [-0.2, -0.15) is 0 Å². The maximum Gasteiger partial charge on any atom is 0.303 e. The largest absolute Gasteiger partial charge is 0.481 e. The number of carbonyl (C=O) groups is 1. The minimum Gasteiger partial charge on any atom is -0.481 e. The smallest absolute Gasteiger partial charge is 0.303 e. The van der Waals surface area contributed by atoms with Gasteiger partial charge in [-0.3, -0.25) is 4.79 Å². The molecule has 0 heterocycles. The maximum absolute atomic E-state index is 14.1. The molecule has 4 fully saturated rings. The van der Waals surface area contributed by atoms with Gasteiger partial charge in [0.15, 0.2) is 0 Å². The lowest BCUT2D eigenvalue weighted by Crippen LogP contribution is -2.58. The van der Waals surface area contributed by atoms with E-state index in [1.54, 1.807) is 0 Å². The fourth-order valence-corrected chi connectivity index (χ4v) is 8.70. The third-order valence-corrected chi connectivity index (χ3v) is 10.2. The number of carboxylic acid groups (broad SMARTS) is 1. The van der Waals surface area contributed by atoms with Gasteiger partial charge < -0.3 is 10.2 Å². The Morgan fingerprint density at radius 3 is 2.46 bits per heavy atom. The van der Waals surface area contributed by atoms with Crippen LogP contribution in [-0.2, 0) is 4.79 Å². The highest BCUT2D eigenvalue weighted by Gasteiger charge is 2.62. The summed E-state index contributed by atoms with van der Waals surface area (Å²) in [6.45, 7) is 7.07. The topological polar surface area (TPSA) is 57.5 Å². The number of hydrogen-bond donors (Lipinski definition) is 2. The number of aliphatic carboxylic acids is 1. The Morgan fingerprint density at radius 2 is 1.75 bits per heavy atom. The summed E-state index contributed by atoms with van der Waals surface area (Å²) >= 11 is 0. The second-order valence-corrected chi connectivity index (χ2v) is 11.3. The first-order valence-corrected chi connectivity index (χ1v) is 11.7. The Labute approximate surface area is 169 Å². The molecule has 10 atom stereocenters. The molecule has 4 rings (SSSR count). The average Bonchev–Trinajstić information content (AvgIpc) is 2.98. The van der Waals surface area contributed by atoms with Gasteiger partial charge in [-0.1, -0.05) is 20.8 Å². The van der Waals surface area contributed by atoms with Crippen molar-refractivity contribution in [3.8, 4) is 0 Å². The van der Waals surface area contributed by atoms with Gasteiger partial charge in [0.05, 0.1) is 6.10 Å². The number of carboxylic acids is 1. The molecule has 0 aliphatic heterocycles. The first kappa shape index (κ1) is 20.6. The summed E-state index contributed by atoms with van der Waals surface area (Å²) in [6, 6.07) is 0. The van der Waals surface area contributed by atoms with Crippen LogP contribution in [0.3, 0.4) is 0 Å². The quantitative estimate of drug-likeness (QED) is 0.666. The molecule has 4 aliphatic carbocycles. The van der Waals surface area contributed by atoms with Gasteiger partial charge in [0.1, 0.15) is 6.17 Å². The molecule has 0 amide bonds. The number of alkyl halides is 1. The van der Waals surface area contributed by atoms with Crippen molar-refractivity contribution in [1.82, 2.24) is 0 Å². The summed E-state index contributed by atoms with van der Waals surface area (Å²) in [5.41, 5.74) is 0.418. The molecule has 2 N–H and O–H groups in total. The van der Waals surface area contributed by atoms with E-state index in [2.05, 4.69) is 20.8 Å². The minimum atomic E-state index is -0.694. The van der Waals surface area contributed by atoms with Gasteiger partial charge in [0, 0.05) is 6.42 Å². The Hall–Kier alpha value is -0.640. The highest BCUT2D eigenvalue weighted by atomic mass is 19.1. The summed E-state index contributed by atoms with van der Waals surface area (Å²) in [5, 5.41) is 20.3. The van der Waals surface area contributed by atoms with Gasteiger partial charge in [-0.15, -0.1) is 0 Å². The molecule has 4 heteroatoms. The number of aliphatic hydroxyl groups is 1. The SMILES string of the molecule is CC(CCC(=O)O)C1CCC2C3C(O)CC4CC(F)CCC4(C)C3CCC12C. The van der Waals surface area contributed by atoms with E-state index in [4.69, 9.17) is 5.11 Å². The zero-order valence-corrected chi connectivity index (χ0v) is 17.9. The second-order valence-electron chi connectivity index (χ2n) is 11.3. The van der Waals surface area contributed by atoms with Crippen molar-refractivity contribution < 1.29 is 19.4 Å². The maximum atomic E-state index is 14.1. The first-order chi connectivity index (χ1) is 13.2.